The number of ether oxygens (including phenoxy) is 2. The number of pyridine rings is 1. The number of halogens is 6. The van der Waals surface area contributed by atoms with Gasteiger partial charge in [0.15, 0.2) is 0 Å². The summed E-state index contributed by atoms with van der Waals surface area (Å²) in [5.41, 5.74) is 2.05. The Balaban J connectivity index is 0.000000646. The van der Waals surface area contributed by atoms with E-state index in [1.165, 1.54) is 24.3 Å². The lowest BCUT2D eigenvalue weighted by molar-refractivity contribution is -0.274. The molecule has 0 spiro atoms. The van der Waals surface area contributed by atoms with E-state index < -0.39 is 30.4 Å². The maximum atomic E-state index is 12.5. The van der Waals surface area contributed by atoms with Crippen LogP contribution in [-0.4, -0.2) is 57.8 Å². The molecule has 15 heteroatoms. The molecule has 4 N–H and O–H groups in total. The lowest BCUT2D eigenvalue weighted by atomic mass is 9.88. The second-order valence-electron chi connectivity index (χ2n) is 8.87. The molecule has 43 heavy (non-hydrogen) atoms. The van der Waals surface area contributed by atoms with Crippen LogP contribution in [0.5, 0.6) is 11.5 Å². The van der Waals surface area contributed by atoms with E-state index in [9.17, 15) is 36.2 Å². The van der Waals surface area contributed by atoms with Crippen LogP contribution in [0.15, 0.2) is 73.1 Å². The summed E-state index contributed by atoms with van der Waals surface area (Å²) in [5, 5.41) is 20.6. The van der Waals surface area contributed by atoms with Crippen molar-refractivity contribution in [3.8, 4) is 11.5 Å². The minimum Gasteiger partial charge on any atom is -0.493 e. The van der Waals surface area contributed by atoms with Gasteiger partial charge in [-0.2, -0.15) is 13.2 Å². The summed E-state index contributed by atoms with van der Waals surface area (Å²) in [5.74, 6) is -3.25. The zero-order valence-electron chi connectivity index (χ0n) is 22.1. The molecule has 0 radical (unpaired) electrons. The van der Waals surface area contributed by atoms with Crippen molar-refractivity contribution in [2.45, 2.75) is 31.3 Å². The molecule has 230 valence electrons. The van der Waals surface area contributed by atoms with E-state index in [1.54, 1.807) is 12.4 Å². The summed E-state index contributed by atoms with van der Waals surface area (Å²) in [6, 6.07) is 16.4. The molecule has 2 aromatic carbocycles. The maximum Gasteiger partial charge on any atom is 0.573 e. The van der Waals surface area contributed by atoms with Crippen molar-refractivity contribution in [3.63, 3.8) is 0 Å². The number of H-pyrrole nitrogens is 1. The van der Waals surface area contributed by atoms with Gasteiger partial charge in [-0.3, -0.25) is 4.79 Å². The van der Waals surface area contributed by atoms with E-state index in [-0.39, 0.29) is 12.2 Å². The van der Waals surface area contributed by atoms with Gasteiger partial charge in [0.1, 0.15) is 17.3 Å². The van der Waals surface area contributed by atoms with Crippen molar-refractivity contribution in [1.29, 1.82) is 0 Å². The third-order valence-corrected chi connectivity index (χ3v) is 5.76. The highest BCUT2D eigenvalue weighted by Crippen LogP contribution is 2.36. The van der Waals surface area contributed by atoms with Crippen LogP contribution in [0, 0.1) is 0 Å². The van der Waals surface area contributed by atoms with Crippen LogP contribution in [0.3, 0.4) is 0 Å². The summed E-state index contributed by atoms with van der Waals surface area (Å²) in [7, 11) is 0. The lowest BCUT2D eigenvalue weighted by Crippen LogP contribution is -2.21. The third kappa shape index (κ3) is 10.4. The number of aromatic nitrogens is 2. The van der Waals surface area contributed by atoms with E-state index >= 15 is 0 Å². The van der Waals surface area contributed by atoms with Crippen LogP contribution < -0.4 is 14.8 Å². The number of hydrogen-bond acceptors (Lipinski definition) is 6. The number of alkyl halides is 6. The van der Waals surface area contributed by atoms with Crippen LogP contribution >= 0.6 is 0 Å². The van der Waals surface area contributed by atoms with Gasteiger partial charge in [0.25, 0.3) is 0 Å². The van der Waals surface area contributed by atoms with Crippen LogP contribution in [0.2, 0.25) is 0 Å². The Hall–Kier alpha value is -4.95. The predicted molar refractivity (Wildman–Crippen MR) is 142 cm³/mol. The first-order valence-electron chi connectivity index (χ1n) is 12.5. The maximum absolute atomic E-state index is 12.5. The monoisotopic (exact) mass is 613 g/mol. The Morgan fingerprint density at radius 3 is 2.21 bits per heavy atom. The number of fused-ring (bicyclic) bond motifs is 1. The number of anilines is 1. The van der Waals surface area contributed by atoms with Gasteiger partial charge in [-0.15, -0.1) is 13.2 Å². The average Bonchev–Trinajstić information content (AvgIpc) is 3.34. The Labute approximate surface area is 240 Å². The highest BCUT2D eigenvalue weighted by molar-refractivity contribution is 5.86. The third-order valence-electron chi connectivity index (χ3n) is 5.76. The standard InChI is InChI=1S/C26H24F3N3O4.C2HF3O2/c27-26(28,29)36-18-7-5-17(6-8-18)21(15-25(33)34)22-16-32-23-14-19(9-10-20(22)23)35-13-3-12-31-24-4-1-2-11-30-24;3-2(4,5)1(6)7/h1-2,4-11,14,16,21,32H,3,12-13,15H2,(H,30,31)(H,33,34);(H,6,7). The first kappa shape index (κ1) is 32.6. The molecular weight excluding hydrogens is 588 g/mol. The largest absolute Gasteiger partial charge is 0.573 e. The smallest absolute Gasteiger partial charge is 0.493 e. The van der Waals surface area contributed by atoms with E-state index in [2.05, 4.69) is 20.0 Å². The van der Waals surface area contributed by atoms with Gasteiger partial charge in [0.05, 0.1) is 13.0 Å². The Bertz CT molecular complexity index is 1490. The Kier molecular flexibility index (Phi) is 10.8. The van der Waals surface area contributed by atoms with E-state index in [0.717, 1.165) is 28.7 Å². The predicted octanol–water partition coefficient (Wildman–Crippen LogP) is 6.58. The number of hydrogen-bond donors (Lipinski definition) is 4. The summed E-state index contributed by atoms with van der Waals surface area (Å²) in [6.07, 6.45) is -5.91. The van der Waals surface area contributed by atoms with Crippen molar-refractivity contribution in [2.24, 2.45) is 0 Å². The van der Waals surface area contributed by atoms with Crippen LogP contribution in [-0.2, 0) is 9.59 Å². The van der Waals surface area contributed by atoms with Gasteiger partial charge in [0.2, 0.25) is 0 Å². The van der Waals surface area contributed by atoms with Gasteiger partial charge < -0.3 is 30.0 Å². The van der Waals surface area contributed by atoms with Gasteiger partial charge in [0, 0.05) is 41.8 Å². The molecule has 1 atom stereocenters. The zero-order chi connectivity index (χ0) is 31.6. The topological polar surface area (TPSA) is 134 Å². The molecule has 4 aromatic rings. The fourth-order valence-electron chi connectivity index (χ4n) is 3.94. The summed E-state index contributed by atoms with van der Waals surface area (Å²) in [4.78, 5) is 27.8. The summed E-state index contributed by atoms with van der Waals surface area (Å²) in [6.45, 7) is 1.20. The minimum atomic E-state index is -5.08. The molecule has 0 amide bonds. The highest BCUT2D eigenvalue weighted by atomic mass is 19.4. The van der Waals surface area contributed by atoms with Gasteiger partial charge >= 0.3 is 24.5 Å². The quantitative estimate of drug-likeness (QED) is 0.110. The number of nitrogens with one attached hydrogen (secondary N) is 2. The van der Waals surface area contributed by atoms with Gasteiger partial charge in [-0.1, -0.05) is 18.2 Å². The fourth-order valence-corrected chi connectivity index (χ4v) is 3.94. The Morgan fingerprint density at radius 2 is 1.63 bits per heavy atom. The summed E-state index contributed by atoms with van der Waals surface area (Å²) >= 11 is 0. The molecule has 2 heterocycles. The minimum absolute atomic E-state index is 0.228. The van der Waals surface area contributed by atoms with Crippen molar-refractivity contribution in [1.82, 2.24) is 9.97 Å². The number of benzene rings is 2. The molecule has 0 aliphatic rings. The fraction of sp³-hybridized carbons (Fsp3) is 0.250. The molecule has 2 aromatic heterocycles. The number of rotatable bonds is 11. The number of nitrogens with zero attached hydrogens (tertiary/aromatic N) is 1. The highest BCUT2D eigenvalue weighted by Gasteiger charge is 2.38. The lowest BCUT2D eigenvalue weighted by Gasteiger charge is -2.16. The molecule has 0 aliphatic heterocycles. The van der Waals surface area contributed by atoms with Crippen LogP contribution in [0.25, 0.3) is 10.9 Å². The van der Waals surface area contributed by atoms with E-state index in [0.29, 0.717) is 24.5 Å². The summed E-state index contributed by atoms with van der Waals surface area (Å²) < 4.78 is 78.9. The molecule has 9 nitrogen and oxygen atoms in total. The second kappa shape index (κ2) is 14.3. The second-order valence-corrected chi connectivity index (χ2v) is 8.87. The van der Waals surface area contributed by atoms with E-state index in [4.69, 9.17) is 14.6 Å². The number of carboxylic acids is 2. The number of carboxylic acid groups (broad SMARTS) is 2. The first-order chi connectivity index (χ1) is 20.2. The molecule has 0 bridgehead atoms. The van der Waals surface area contributed by atoms with Crippen molar-refractivity contribution >= 4 is 28.7 Å². The first-order valence-corrected chi connectivity index (χ1v) is 12.5. The van der Waals surface area contributed by atoms with Crippen molar-refractivity contribution in [3.05, 3.63) is 84.2 Å². The van der Waals surface area contributed by atoms with Crippen LogP contribution in [0.4, 0.5) is 32.2 Å². The molecule has 1 unspecified atom stereocenters. The SMILES string of the molecule is O=C(O)C(F)(F)F.O=C(O)CC(c1ccc(OC(F)(F)F)cc1)c1c[nH]c2cc(OCCCNc3ccccn3)ccc12. The normalized spacial score (nSPS) is 12.1. The molecule has 0 fully saturated rings. The number of aromatic amines is 1. The van der Waals surface area contributed by atoms with Gasteiger partial charge in [-0.25, -0.2) is 9.78 Å². The van der Waals surface area contributed by atoms with Gasteiger partial charge in [-0.05, 0) is 53.9 Å². The molecular formula is C28H25F6N3O6. The van der Waals surface area contributed by atoms with Crippen LogP contribution in [0.1, 0.15) is 29.9 Å². The molecule has 0 aliphatic carbocycles. The zero-order valence-corrected chi connectivity index (χ0v) is 22.1. The Morgan fingerprint density at radius 1 is 0.953 bits per heavy atom. The van der Waals surface area contributed by atoms with Crippen molar-refractivity contribution < 1.29 is 55.6 Å². The molecule has 0 saturated heterocycles. The molecule has 4 rings (SSSR count). The average molecular weight is 614 g/mol. The van der Waals surface area contributed by atoms with E-state index in [1.807, 2.05) is 36.4 Å². The molecule has 0 saturated carbocycles. The number of aliphatic carboxylic acids is 2. The van der Waals surface area contributed by atoms with Crippen molar-refractivity contribution in [2.75, 3.05) is 18.5 Å². The number of carbonyl (C=O) groups is 2.